The fraction of sp³-hybridized carbons (Fsp3) is 0.667. The van der Waals surface area contributed by atoms with E-state index in [-0.39, 0.29) is 29.3 Å². The van der Waals surface area contributed by atoms with E-state index in [0.29, 0.717) is 23.2 Å². The van der Waals surface area contributed by atoms with Crippen LogP contribution in [0.5, 0.6) is 0 Å². The fourth-order valence-corrected chi connectivity index (χ4v) is 6.26. The molecule has 0 spiro atoms. The van der Waals surface area contributed by atoms with Gasteiger partial charge in [0.05, 0.1) is 0 Å². The van der Waals surface area contributed by atoms with Crippen molar-refractivity contribution in [3.63, 3.8) is 0 Å². The summed E-state index contributed by atoms with van der Waals surface area (Å²) in [4.78, 5) is 17.4. The van der Waals surface area contributed by atoms with Gasteiger partial charge in [0.15, 0.2) is 11.3 Å². The number of fused-ring (bicyclic) bond motifs is 1. The Labute approximate surface area is 161 Å². The van der Waals surface area contributed by atoms with E-state index >= 15 is 0 Å². The number of nitrogens with one attached hydrogen (secondary N) is 1. The monoisotopic (exact) mass is 386 g/mol. The summed E-state index contributed by atoms with van der Waals surface area (Å²) in [6.07, 6.45) is 5.54. The standard InChI is InChI=1S/C21H24F2N4O/c22-20(23)17-8-15(12-1-2-12)24-18-9-16(26-27(17)18)21(28)25-19-13-4-10-3-11(6-13)7-14(19)5-10/h8-14,19-20H,1-7H2,(H,25,28). The van der Waals surface area contributed by atoms with Crippen LogP contribution in [0, 0.1) is 23.7 Å². The Morgan fingerprint density at radius 1 is 1.07 bits per heavy atom. The summed E-state index contributed by atoms with van der Waals surface area (Å²) < 4.78 is 28.2. The third-order valence-electron chi connectivity index (χ3n) is 7.45. The lowest BCUT2D eigenvalue weighted by molar-refractivity contribution is -0.0120. The predicted octanol–water partition coefficient (Wildman–Crippen LogP) is 4.10. The number of hydrogen-bond acceptors (Lipinski definition) is 3. The lowest BCUT2D eigenvalue weighted by Gasteiger charge is -2.54. The molecular formula is C21H24F2N4O. The molecule has 0 aliphatic heterocycles. The molecule has 0 unspecified atom stereocenters. The Bertz CT molecular complexity index is 923. The second-order valence-electron chi connectivity index (χ2n) is 9.41. The van der Waals surface area contributed by atoms with Crippen molar-refractivity contribution in [3.8, 4) is 0 Å². The van der Waals surface area contributed by atoms with Gasteiger partial charge in [0.25, 0.3) is 12.3 Å². The van der Waals surface area contributed by atoms with Crippen LogP contribution in [0.3, 0.4) is 0 Å². The fourth-order valence-electron chi connectivity index (χ4n) is 6.26. The van der Waals surface area contributed by atoms with Gasteiger partial charge in [-0.2, -0.15) is 5.10 Å². The summed E-state index contributed by atoms with van der Waals surface area (Å²) in [5.41, 5.74) is 1.04. The van der Waals surface area contributed by atoms with E-state index in [4.69, 9.17) is 0 Å². The molecule has 0 radical (unpaired) electrons. The molecule has 0 aromatic carbocycles. The number of hydrogen-bond donors (Lipinski definition) is 1. The maximum Gasteiger partial charge on any atom is 0.280 e. The maximum atomic E-state index is 13.6. The maximum absolute atomic E-state index is 13.6. The molecule has 4 bridgehead atoms. The number of amides is 1. The zero-order chi connectivity index (χ0) is 19.0. The van der Waals surface area contributed by atoms with Crippen LogP contribution in [0.15, 0.2) is 12.1 Å². The molecule has 7 heteroatoms. The highest BCUT2D eigenvalue weighted by Gasteiger charge is 2.48. The van der Waals surface area contributed by atoms with Crippen molar-refractivity contribution in [2.24, 2.45) is 23.7 Å². The molecule has 5 saturated carbocycles. The largest absolute Gasteiger partial charge is 0.347 e. The Kier molecular flexibility index (Phi) is 3.60. The van der Waals surface area contributed by atoms with Crippen LogP contribution >= 0.6 is 0 Å². The molecule has 0 saturated heterocycles. The van der Waals surface area contributed by atoms with E-state index in [1.807, 2.05) is 0 Å². The van der Waals surface area contributed by atoms with Crippen LogP contribution in [-0.4, -0.2) is 26.5 Å². The van der Waals surface area contributed by atoms with E-state index in [1.165, 1.54) is 38.2 Å². The van der Waals surface area contributed by atoms with E-state index in [9.17, 15) is 13.6 Å². The van der Waals surface area contributed by atoms with Crippen LogP contribution in [0.1, 0.15) is 79.2 Å². The molecular weight excluding hydrogens is 362 g/mol. The third kappa shape index (κ3) is 2.65. The number of nitrogens with zero attached hydrogens (tertiary/aromatic N) is 3. The normalized spacial score (nSPS) is 33.8. The molecule has 2 aromatic rings. The first-order chi connectivity index (χ1) is 13.5. The molecule has 5 fully saturated rings. The van der Waals surface area contributed by atoms with Gasteiger partial charge in [-0.05, 0) is 74.7 Å². The Balaban J connectivity index is 1.29. The molecule has 1 N–H and O–H groups in total. The third-order valence-corrected chi connectivity index (χ3v) is 7.45. The zero-order valence-corrected chi connectivity index (χ0v) is 15.7. The van der Waals surface area contributed by atoms with E-state index in [2.05, 4.69) is 15.4 Å². The molecule has 5 aliphatic carbocycles. The summed E-state index contributed by atoms with van der Waals surface area (Å²) in [6, 6.07) is 3.21. The van der Waals surface area contributed by atoms with Gasteiger partial charge in [-0.15, -0.1) is 0 Å². The van der Waals surface area contributed by atoms with Gasteiger partial charge >= 0.3 is 0 Å². The molecule has 5 nitrogen and oxygen atoms in total. The zero-order valence-electron chi connectivity index (χ0n) is 15.7. The first-order valence-electron chi connectivity index (χ1n) is 10.5. The van der Waals surface area contributed by atoms with Crippen molar-refractivity contribution in [2.45, 2.75) is 63.3 Å². The summed E-state index contributed by atoms with van der Waals surface area (Å²) >= 11 is 0. The van der Waals surface area contributed by atoms with Gasteiger partial charge in [0, 0.05) is 23.7 Å². The molecule has 148 valence electrons. The highest BCUT2D eigenvalue weighted by molar-refractivity contribution is 5.93. The highest BCUT2D eigenvalue weighted by atomic mass is 19.3. The molecule has 7 rings (SSSR count). The van der Waals surface area contributed by atoms with Gasteiger partial charge < -0.3 is 5.32 Å². The Morgan fingerprint density at radius 2 is 1.75 bits per heavy atom. The summed E-state index contributed by atoms with van der Waals surface area (Å²) in [6.45, 7) is 0. The molecule has 2 heterocycles. The SMILES string of the molecule is O=C(NC1C2CC3CC(C2)CC1C3)c1cc2nc(C3CC3)cc(C(F)F)n2n1. The lowest BCUT2D eigenvalue weighted by atomic mass is 9.54. The van der Waals surface area contributed by atoms with Crippen molar-refractivity contribution in [1.29, 1.82) is 0 Å². The minimum atomic E-state index is -2.65. The molecule has 1 amide bonds. The highest BCUT2D eigenvalue weighted by Crippen LogP contribution is 2.53. The first kappa shape index (κ1) is 16.9. The van der Waals surface area contributed by atoms with Gasteiger partial charge in [-0.3, -0.25) is 4.79 Å². The van der Waals surface area contributed by atoms with E-state index < -0.39 is 6.43 Å². The van der Waals surface area contributed by atoms with Crippen LogP contribution in [-0.2, 0) is 0 Å². The smallest absolute Gasteiger partial charge is 0.280 e. The molecule has 2 aromatic heterocycles. The van der Waals surface area contributed by atoms with E-state index in [0.717, 1.165) is 29.2 Å². The number of aromatic nitrogens is 3. The van der Waals surface area contributed by atoms with Gasteiger partial charge in [0.2, 0.25) is 0 Å². The van der Waals surface area contributed by atoms with Crippen molar-refractivity contribution < 1.29 is 13.6 Å². The second kappa shape index (κ2) is 5.97. The van der Waals surface area contributed by atoms with Crippen LogP contribution in [0.25, 0.3) is 5.65 Å². The number of halogens is 2. The number of alkyl halides is 2. The first-order valence-corrected chi connectivity index (χ1v) is 10.5. The van der Waals surface area contributed by atoms with Crippen molar-refractivity contribution >= 4 is 11.6 Å². The number of carbonyl (C=O) groups excluding carboxylic acids is 1. The molecule has 28 heavy (non-hydrogen) atoms. The minimum Gasteiger partial charge on any atom is -0.347 e. The van der Waals surface area contributed by atoms with Crippen molar-refractivity contribution in [1.82, 2.24) is 19.9 Å². The van der Waals surface area contributed by atoms with Gasteiger partial charge in [0.1, 0.15) is 5.69 Å². The lowest BCUT2D eigenvalue weighted by Crippen LogP contribution is -2.55. The minimum absolute atomic E-state index is 0.180. The molecule has 0 atom stereocenters. The summed E-state index contributed by atoms with van der Waals surface area (Å²) in [5.74, 6) is 2.81. The number of rotatable bonds is 4. The number of carbonyl (C=O) groups is 1. The van der Waals surface area contributed by atoms with Gasteiger partial charge in [-0.25, -0.2) is 18.3 Å². The van der Waals surface area contributed by atoms with E-state index in [1.54, 1.807) is 6.07 Å². The average molecular weight is 386 g/mol. The predicted molar refractivity (Wildman–Crippen MR) is 98.2 cm³/mol. The Morgan fingerprint density at radius 3 is 2.36 bits per heavy atom. The summed E-state index contributed by atoms with van der Waals surface area (Å²) in [7, 11) is 0. The Hall–Kier alpha value is -2.05. The summed E-state index contributed by atoms with van der Waals surface area (Å²) in [5, 5.41) is 7.41. The van der Waals surface area contributed by atoms with Crippen molar-refractivity contribution in [3.05, 3.63) is 29.2 Å². The topological polar surface area (TPSA) is 59.3 Å². The second-order valence-corrected chi connectivity index (χ2v) is 9.41. The van der Waals surface area contributed by atoms with Crippen LogP contribution < -0.4 is 5.32 Å². The quantitative estimate of drug-likeness (QED) is 0.861. The molecule has 5 aliphatic rings. The van der Waals surface area contributed by atoms with Crippen LogP contribution in [0.2, 0.25) is 0 Å². The van der Waals surface area contributed by atoms with Crippen molar-refractivity contribution in [2.75, 3.05) is 0 Å². The van der Waals surface area contributed by atoms with Gasteiger partial charge in [-0.1, -0.05) is 0 Å². The average Bonchev–Trinajstić information content (AvgIpc) is 3.41. The van der Waals surface area contributed by atoms with Crippen LogP contribution in [0.4, 0.5) is 8.78 Å².